The number of carbonyl (C=O) groups is 1. The third kappa shape index (κ3) is 5.63. The summed E-state index contributed by atoms with van der Waals surface area (Å²) in [4.78, 5) is 9.37. The summed E-state index contributed by atoms with van der Waals surface area (Å²) in [5.74, 6) is 0.0330. The monoisotopic (exact) mass is 379 g/mol. The Morgan fingerprint density at radius 1 is 1.14 bits per heavy atom. The second-order valence-electron chi connectivity index (χ2n) is 5.71. The number of rotatable bonds is 1. The summed E-state index contributed by atoms with van der Waals surface area (Å²) in [5.41, 5.74) is 7.07. The van der Waals surface area contributed by atoms with Gasteiger partial charge in [-0.15, -0.1) is 12.0 Å². The molecular formula is C17H25Cl2O2Ti. The van der Waals surface area contributed by atoms with Gasteiger partial charge in [-0.2, -0.15) is 5.57 Å². The molecule has 0 aromatic rings. The van der Waals surface area contributed by atoms with Crippen LogP contribution in [0.3, 0.4) is 0 Å². The van der Waals surface area contributed by atoms with E-state index in [1.54, 1.807) is 29.2 Å². The minimum Gasteiger partial charge on any atom is -1.00 e. The molecule has 1 atom stereocenters. The van der Waals surface area contributed by atoms with Gasteiger partial charge in [-0.3, -0.25) is 4.79 Å². The molecule has 0 spiro atoms. The summed E-state index contributed by atoms with van der Waals surface area (Å²) in [6.07, 6.45) is 12.5. The molecule has 0 aromatic heterocycles. The van der Waals surface area contributed by atoms with Gasteiger partial charge in [0, 0.05) is 6.42 Å². The standard InChI is InChI=1S/C14H19.C3H6O2.2ClH.Ti/c1-10-11-6-2-4-8-13(11)14-9-5-3-7-12(10)14;1-2-3(4)5;;;/h6,10H,2-5,7-9H2,1H3;2H2,1H3,(H,4,5);2*1H;/q-1;;;;+3/p-2. The van der Waals surface area contributed by atoms with Gasteiger partial charge in [0.2, 0.25) is 0 Å². The number of carboxylic acids is 1. The third-order valence-electron chi connectivity index (χ3n) is 4.51. The van der Waals surface area contributed by atoms with Crippen LogP contribution in [0.1, 0.15) is 65.2 Å². The smallest absolute Gasteiger partial charge is 1.00 e. The molecule has 3 rings (SSSR count). The molecule has 0 saturated carbocycles. The van der Waals surface area contributed by atoms with Crippen molar-refractivity contribution >= 4 is 5.97 Å². The van der Waals surface area contributed by atoms with Gasteiger partial charge < -0.3 is 29.9 Å². The van der Waals surface area contributed by atoms with Crippen LogP contribution >= 0.6 is 0 Å². The predicted molar refractivity (Wildman–Crippen MR) is 77.8 cm³/mol. The van der Waals surface area contributed by atoms with E-state index >= 15 is 0 Å². The number of aliphatic carboxylic acids is 1. The van der Waals surface area contributed by atoms with Crippen molar-refractivity contribution in [3.8, 4) is 0 Å². The first-order valence-electron chi connectivity index (χ1n) is 7.65. The predicted octanol–water partition coefficient (Wildman–Crippen LogP) is -1.32. The van der Waals surface area contributed by atoms with Gasteiger partial charge in [-0.1, -0.05) is 38.7 Å². The van der Waals surface area contributed by atoms with Crippen molar-refractivity contribution in [3.63, 3.8) is 0 Å². The molecule has 3 aliphatic carbocycles. The fraction of sp³-hybridized carbons (Fsp3) is 0.647. The van der Waals surface area contributed by atoms with Crippen LogP contribution < -0.4 is 24.8 Å². The molecule has 22 heavy (non-hydrogen) atoms. The van der Waals surface area contributed by atoms with Crippen molar-refractivity contribution in [1.82, 2.24) is 0 Å². The molecule has 2 nitrogen and oxygen atoms in total. The fourth-order valence-corrected chi connectivity index (χ4v) is 3.51. The Morgan fingerprint density at radius 3 is 2.27 bits per heavy atom. The zero-order chi connectivity index (χ0) is 13.8. The average molecular weight is 380 g/mol. The molecule has 0 bridgehead atoms. The first-order chi connectivity index (χ1) is 9.15. The molecule has 1 radical (unpaired) electrons. The van der Waals surface area contributed by atoms with Gasteiger partial charge in [-0.25, -0.2) is 12.0 Å². The molecule has 1 N–H and O–H groups in total. The van der Waals surface area contributed by atoms with E-state index in [2.05, 4.69) is 13.3 Å². The summed E-state index contributed by atoms with van der Waals surface area (Å²) in [7, 11) is 0. The second kappa shape index (κ2) is 11.6. The molecule has 0 amide bonds. The summed E-state index contributed by atoms with van der Waals surface area (Å²) < 4.78 is 0. The molecule has 5 heteroatoms. The number of carboxylic acid groups (broad SMARTS) is 1. The van der Waals surface area contributed by atoms with Crippen molar-refractivity contribution in [1.29, 1.82) is 0 Å². The van der Waals surface area contributed by atoms with Crippen LogP contribution in [-0.2, 0) is 26.5 Å². The molecular weight excluding hydrogens is 355 g/mol. The van der Waals surface area contributed by atoms with E-state index in [0.717, 1.165) is 5.92 Å². The number of allylic oxidation sites excluding steroid dienone is 4. The Kier molecular flexibility index (Phi) is 12.9. The average Bonchev–Trinajstić information content (AvgIpc) is 2.74. The van der Waals surface area contributed by atoms with Gasteiger partial charge in [0.05, 0.1) is 0 Å². The summed E-state index contributed by atoms with van der Waals surface area (Å²) in [6.45, 7) is 4.02. The summed E-state index contributed by atoms with van der Waals surface area (Å²) in [5, 5.41) is 7.72. The van der Waals surface area contributed by atoms with E-state index in [0.29, 0.717) is 0 Å². The molecule has 1 unspecified atom stereocenters. The van der Waals surface area contributed by atoms with E-state index in [1.165, 1.54) is 44.9 Å². The minimum absolute atomic E-state index is 0. The van der Waals surface area contributed by atoms with Gasteiger partial charge in [0.1, 0.15) is 0 Å². The maximum Gasteiger partial charge on any atom is 3.00 e. The normalized spacial score (nSPS) is 21.6. The Morgan fingerprint density at radius 2 is 1.68 bits per heavy atom. The van der Waals surface area contributed by atoms with Crippen molar-refractivity contribution < 1.29 is 56.4 Å². The van der Waals surface area contributed by atoms with Crippen LogP contribution in [0.5, 0.6) is 0 Å². The van der Waals surface area contributed by atoms with E-state index < -0.39 is 5.97 Å². The van der Waals surface area contributed by atoms with Crippen molar-refractivity contribution in [2.24, 2.45) is 5.92 Å². The SMILES string of the molecule is CC1C2=C(CCC[CH-]2)C2=C1CCCC2.CCC(=O)O.[Cl-].[Cl-].[Ti+3]. The van der Waals surface area contributed by atoms with Crippen LogP contribution in [0.4, 0.5) is 0 Å². The molecule has 0 heterocycles. The maximum atomic E-state index is 9.37. The maximum absolute atomic E-state index is 9.37. The topological polar surface area (TPSA) is 37.3 Å². The Bertz CT molecular complexity index is 398. The number of halogens is 2. The number of hydrogen-bond donors (Lipinski definition) is 1. The molecule has 0 aliphatic heterocycles. The quantitative estimate of drug-likeness (QED) is 0.453. The second-order valence-corrected chi connectivity index (χ2v) is 5.71. The zero-order valence-corrected chi connectivity index (χ0v) is 16.5. The van der Waals surface area contributed by atoms with Crippen LogP contribution in [0.25, 0.3) is 0 Å². The van der Waals surface area contributed by atoms with E-state index in [4.69, 9.17) is 5.11 Å². The molecule has 123 valence electrons. The Hall–Kier alpha value is 0.114. The largest absolute Gasteiger partial charge is 3.00 e. The first kappa shape index (κ1) is 24.4. The zero-order valence-electron chi connectivity index (χ0n) is 13.4. The third-order valence-corrected chi connectivity index (χ3v) is 4.51. The number of fused-ring (bicyclic) bond motifs is 1. The summed E-state index contributed by atoms with van der Waals surface area (Å²) >= 11 is 0. The van der Waals surface area contributed by atoms with Gasteiger partial charge in [0.25, 0.3) is 0 Å². The molecule has 0 aromatic carbocycles. The van der Waals surface area contributed by atoms with Crippen molar-refractivity contribution in [2.45, 2.75) is 65.2 Å². The molecule has 3 aliphatic rings. The summed E-state index contributed by atoms with van der Waals surface area (Å²) in [6, 6.07) is 0. The van der Waals surface area contributed by atoms with Gasteiger partial charge in [-0.05, 0) is 25.2 Å². The van der Waals surface area contributed by atoms with Crippen molar-refractivity contribution in [2.75, 3.05) is 0 Å². The molecule has 0 saturated heterocycles. The van der Waals surface area contributed by atoms with E-state index in [-0.39, 0.29) is 53.0 Å². The van der Waals surface area contributed by atoms with Crippen molar-refractivity contribution in [3.05, 3.63) is 28.7 Å². The van der Waals surface area contributed by atoms with E-state index in [1.807, 2.05) is 0 Å². The fourth-order valence-electron chi connectivity index (χ4n) is 3.51. The Balaban J connectivity index is 0. The van der Waals surface area contributed by atoms with Crippen LogP contribution in [0.15, 0.2) is 22.3 Å². The van der Waals surface area contributed by atoms with Crippen LogP contribution in [0, 0.1) is 12.3 Å². The number of hydrogen-bond acceptors (Lipinski definition) is 1. The van der Waals surface area contributed by atoms with Gasteiger partial charge >= 0.3 is 27.7 Å². The van der Waals surface area contributed by atoms with Crippen LogP contribution in [-0.4, -0.2) is 11.1 Å². The van der Waals surface area contributed by atoms with Crippen LogP contribution in [0.2, 0.25) is 0 Å². The van der Waals surface area contributed by atoms with E-state index in [9.17, 15) is 4.79 Å². The molecule has 0 fully saturated rings. The Labute approximate surface area is 161 Å². The van der Waals surface area contributed by atoms with Gasteiger partial charge in [0.15, 0.2) is 0 Å². The minimum atomic E-state index is -0.745. The first-order valence-corrected chi connectivity index (χ1v) is 7.65.